The van der Waals surface area contributed by atoms with Gasteiger partial charge in [-0.1, -0.05) is 12.1 Å². The fourth-order valence-corrected chi connectivity index (χ4v) is 3.84. The van der Waals surface area contributed by atoms with Crippen molar-refractivity contribution < 1.29 is 9.18 Å². The van der Waals surface area contributed by atoms with Gasteiger partial charge in [-0.3, -0.25) is 9.69 Å². The molecule has 2 aromatic carbocycles. The van der Waals surface area contributed by atoms with Crippen molar-refractivity contribution in [2.24, 2.45) is 5.73 Å². The molecule has 28 heavy (non-hydrogen) atoms. The Morgan fingerprint density at radius 3 is 2.86 bits per heavy atom. The number of benzene rings is 2. The van der Waals surface area contributed by atoms with Crippen molar-refractivity contribution in [2.45, 2.75) is 19.0 Å². The zero-order valence-corrected chi connectivity index (χ0v) is 16.1. The number of aromatic nitrogens is 2. The first-order chi connectivity index (χ1) is 13.4. The first-order valence-electron chi connectivity index (χ1n) is 9.38. The highest BCUT2D eigenvalue weighted by atomic mass is 19.1. The van der Waals surface area contributed by atoms with Crippen LogP contribution >= 0.6 is 0 Å². The van der Waals surface area contributed by atoms with Gasteiger partial charge in [-0.2, -0.15) is 0 Å². The van der Waals surface area contributed by atoms with Crippen LogP contribution in [0.2, 0.25) is 0 Å². The maximum absolute atomic E-state index is 14.8. The molecule has 3 aromatic rings. The van der Waals surface area contributed by atoms with Gasteiger partial charge < -0.3 is 15.6 Å². The van der Waals surface area contributed by atoms with Gasteiger partial charge in [0.15, 0.2) is 0 Å². The number of hydrogen-bond acceptors (Lipinski definition) is 4. The second-order valence-electron chi connectivity index (χ2n) is 7.61. The van der Waals surface area contributed by atoms with Crippen molar-refractivity contribution in [1.82, 2.24) is 19.8 Å². The van der Waals surface area contributed by atoms with E-state index < -0.39 is 5.91 Å². The number of nitrogens with zero attached hydrogens (tertiary/aromatic N) is 3. The van der Waals surface area contributed by atoms with E-state index in [0.717, 1.165) is 31.6 Å². The summed E-state index contributed by atoms with van der Waals surface area (Å²) in [5.74, 6) is -0.497. The molecule has 1 atom stereocenters. The number of H-pyrrole nitrogens is 1. The molecule has 1 aromatic heterocycles. The van der Waals surface area contributed by atoms with Gasteiger partial charge in [0.2, 0.25) is 0 Å². The number of imidazole rings is 1. The Morgan fingerprint density at radius 1 is 1.36 bits per heavy atom. The largest absolute Gasteiger partial charge is 0.366 e. The average molecular weight is 381 g/mol. The fourth-order valence-electron chi connectivity index (χ4n) is 3.84. The van der Waals surface area contributed by atoms with Gasteiger partial charge in [-0.05, 0) is 50.3 Å². The Kier molecular flexibility index (Phi) is 4.87. The third-order valence-electron chi connectivity index (χ3n) is 5.45. The average Bonchev–Trinajstić information content (AvgIpc) is 3.28. The number of para-hydroxylation sites is 1. The molecular formula is C21H24FN5O. The van der Waals surface area contributed by atoms with Crippen LogP contribution in [0.15, 0.2) is 36.4 Å². The van der Waals surface area contributed by atoms with Gasteiger partial charge in [-0.15, -0.1) is 0 Å². The number of aromatic amines is 1. The van der Waals surface area contributed by atoms with Gasteiger partial charge in [0, 0.05) is 25.7 Å². The minimum absolute atomic E-state index is 0.321. The lowest BCUT2D eigenvalue weighted by Gasteiger charge is -2.20. The zero-order valence-electron chi connectivity index (χ0n) is 16.1. The number of primary amides is 1. The van der Waals surface area contributed by atoms with Crippen LogP contribution in [-0.4, -0.2) is 58.9 Å². The number of hydrogen-bond donors (Lipinski definition) is 2. The van der Waals surface area contributed by atoms with Crippen LogP contribution in [0.3, 0.4) is 0 Å². The lowest BCUT2D eigenvalue weighted by atomic mass is 10.1. The highest BCUT2D eigenvalue weighted by Crippen LogP contribution is 2.26. The van der Waals surface area contributed by atoms with Crippen molar-refractivity contribution >= 4 is 16.9 Å². The molecule has 1 fully saturated rings. The maximum Gasteiger partial charge on any atom is 0.250 e. The van der Waals surface area contributed by atoms with Crippen molar-refractivity contribution in [1.29, 1.82) is 0 Å². The Balaban J connectivity index is 1.58. The molecule has 2 heterocycles. The van der Waals surface area contributed by atoms with E-state index in [0.29, 0.717) is 34.0 Å². The minimum Gasteiger partial charge on any atom is -0.366 e. The normalized spacial score (nSPS) is 17.6. The van der Waals surface area contributed by atoms with E-state index in [1.54, 1.807) is 30.3 Å². The topological polar surface area (TPSA) is 78.2 Å². The van der Waals surface area contributed by atoms with Crippen LogP contribution < -0.4 is 5.73 Å². The van der Waals surface area contributed by atoms with E-state index in [2.05, 4.69) is 33.9 Å². The molecule has 1 amide bonds. The Hall–Kier alpha value is -2.77. The van der Waals surface area contributed by atoms with E-state index in [1.165, 1.54) is 0 Å². The van der Waals surface area contributed by atoms with Crippen LogP contribution in [-0.2, 0) is 6.54 Å². The standard InChI is InChI=1S/C21H24FN5O/c1-26(2)14-8-9-27(12-14)11-13-6-7-15(17(22)10-13)21-24-18-5-3-4-16(20(23)28)19(18)25-21/h3-7,10,14H,8-9,11-12H2,1-2H3,(H2,23,28)(H,24,25). The summed E-state index contributed by atoms with van der Waals surface area (Å²) < 4.78 is 14.8. The first kappa shape index (κ1) is 18.6. The number of likely N-dealkylation sites (N-methyl/N-ethyl adjacent to an activating group) is 1. The molecule has 3 N–H and O–H groups in total. The number of likely N-dealkylation sites (tertiary alicyclic amines) is 1. The first-order valence-corrected chi connectivity index (χ1v) is 9.38. The van der Waals surface area contributed by atoms with E-state index in [-0.39, 0.29) is 5.82 Å². The molecule has 6 nitrogen and oxygen atoms in total. The quantitative estimate of drug-likeness (QED) is 0.712. The molecule has 1 unspecified atom stereocenters. The number of carbonyl (C=O) groups is 1. The third-order valence-corrected chi connectivity index (χ3v) is 5.45. The highest BCUT2D eigenvalue weighted by molar-refractivity contribution is 6.04. The molecular weight excluding hydrogens is 357 g/mol. The fraction of sp³-hybridized carbons (Fsp3) is 0.333. The lowest BCUT2D eigenvalue weighted by Crippen LogP contribution is -2.31. The Labute approximate surface area is 163 Å². The van der Waals surface area contributed by atoms with Crippen molar-refractivity contribution in [3.63, 3.8) is 0 Å². The second kappa shape index (κ2) is 7.33. The number of nitrogens with one attached hydrogen (secondary N) is 1. The number of fused-ring (bicyclic) bond motifs is 1. The van der Waals surface area contributed by atoms with E-state index in [4.69, 9.17) is 5.73 Å². The SMILES string of the molecule is CN(C)C1CCN(Cc2ccc(-c3nc4c(C(N)=O)cccc4[nH]3)c(F)c2)C1. The summed E-state index contributed by atoms with van der Waals surface area (Å²) in [7, 11) is 4.19. The van der Waals surface area contributed by atoms with Crippen molar-refractivity contribution in [2.75, 3.05) is 27.2 Å². The molecule has 1 aliphatic heterocycles. The number of amides is 1. The Bertz CT molecular complexity index is 1030. The van der Waals surface area contributed by atoms with Gasteiger partial charge in [0.1, 0.15) is 17.2 Å². The molecule has 7 heteroatoms. The number of nitrogens with two attached hydrogens (primary N) is 1. The summed E-state index contributed by atoms with van der Waals surface area (Å²) in [5, 5.41) is 0. The van der Waals surface area contributed by atoms with Crippen LogP contribution in [0.4, 0.5) is 4.39 Å². The van der Waals surface area contributed by atoms with Crippen LogP contribution in [0.1, 0.15) is 22.3 Å². The summed E-state index contributed by atoms with van der Waals surface area (Å²) in [6.45, 7) is 2.75. The maximum atomic E-state index is 14.8. The predicted molar refractivity (Wildman–Crippen MR) is 107 cm³/mol. The summed E-state index contributed by atoms with van der Waals surface area (Å²) in [6, 6.07) is 10.9. The minimum atomic E-state index is -0.555. The smallest absolute Gasteiger partial charge is 0.250 e. The van der Waals surface area contributed by atoms with E-state index in [1.807, 2.05) is 6.07 Å². The second-order valence-corrected chi connectivity index (χ2v) is 7.61. The summed E-state index contributed by atoms with van der Waals surface area (Å²) in [6.07, 6.45) is 1.13. The molecule has 4 rings (SSSR count). The van der Waals surface area contributed by atoms with Gasteiger partial charge >= 0.3 is 0 Å². The van der Waals surface area contributed by atoms with Gasteiger partial charge in [0.25, 0.3) is 5.91 Å². The Morgan fingerprint density at radius 2 is 2.18 bits per heavy atom. The molecule has 0 bridgehead atoms. The molecule has 0 aliphatic carbocycles. The van der Waals surface area contributed by atoms with E-state index >= 15 is 0 Å². The molecule has 0 saturated carbocycles. The van der Waals surface area contributed by atoms with Gasteiger partial charge in [0.05, 0.1) is 16.6 Å². The molecule has 0 spiro atoms. The third kappa shape index (κ3) is 3.50. The highest BCUT2D eigenvalue weighted by Gasteiger charge is 2.24. The monoisotopic (exact) mass is 381 g/mol. The molecule has 1 aliphatic rings. The molecule has 0 radical (unpaired) electrons. The number of carbonyl (C=O) groups excluding carboxylic acids is 1. The van der Waals surface area contributed by atoms with Crippen LogP contribution in [0.5, 0.6) is 0 Å². The van der Waals surface area contributed by atoms with E-state index in [9.17, 15) is 9.18 Å². The molecule has 1 saturated heterocycles. The summed E-state index contributed by atoms with van der Waals surface area (Å²) >= 11 is 0. The lowest BCUT2D eigenvalue weighted by molar-refractivity contribution is 0.100. The molecule has 146 valence electrons. The van der Waals surface area contributed by atoms with Crippen LogP contribution in [0, 0.1) is 5.82 Å². The predicted octanol–water partition coefficient (Wildman–Crippen LogP) is 2.60. The number of halogens is 1. The summed E-state index contributed by atoms with van der Waals surface area (Å²) in [4.78, 5) is 23.7. The van der Waals surface area contributed by atoms with Crippen LogP contribution in [0.25, 0.3) is 22.4 Å². The van der Waals surface area contributed by atoms with Gasteiger partial charge in [-0.25, -0.2) is 9.37 Å². The van der Waals surface area contributed by atoms with Crippen molar-refractivity contribution in [3.05, 3.63) is 53.3 Å². The number of rotatable bonds is 5. The van der Waals surface area contributed by atoms with Crippen molar-refractivity contribution in [3.8, 4) is 11.4 Å². The zero-order chi connectivity index (χ0) is 19.8. The summed E-state index contributed by atoms with van der Waals surface area (Å²) in [5.41, 5.74) is 8.16.